The number of hydrogen-bond donors (Lipinski definition) is 1. The van der Waals surface area contributed by atoms with Crippen LogP contribution in [0.15, 0.2) is 54.6 Å². The summed E-state index contributed by atoms with van der Waals surface area (Å²) in [6.07, 6.45) is 22.7. The van der Waals surface area contributed by atoms with Crippen molar-refractivity contribution in [1.29, 1.82) is 0 Å². The minimum Gasteiger partial charge on any atom is -0.467 e. The van der Waals surface area contributed by atoms with E-state index in [1.165, 1.54) is 12.7 Å². The second-order valence-electron chi connectivity index (χ2n) is 16.4. The average molecular weight is 799 g/mol. The predicted octanol–water partition coefficient (Wildman–Crippen LogP) is 8.11. The number of carbonyl (C=O) groups excluding carboxylic acids is 1. The second-order valence-corrected chi connectivity index (χ2v) is 16.4. The summed E-state index contributed by atoms with van der Waals surface area (Å²) in [7, 11) is 1.32. The molecule has 5 fully saturated rings. The van der Waals surface area contributed by atoms with Gasteiger partial charge in [0.05, 0.1) is 31.5 Å². The summed E-state index contributed by atoms with van der Waals surface area (Å²) in [5.41, 5.74) is 1.30. The molecule has 1 aliphatic carbocycles. The molecule has 11 heteroatoms. The maximum Gasteiger partial charge on any atom is 0.337 e. The lowest BCUT2D eigenvalue weighted by Gasteiger charge is -2.30. The van der Waals surface area contributed by atoms with Crippen molar-refractivity contribution in [2.45, 2.75) is 178 Å². The van der Waals surface area contributed by atoms with Gasteiger partial charge in [-0.25, -0.2) is 4.79 Å². The third kappa shape index (κ3) is 14.8. The molecule has 6 rings (SSSR count). The van der Waals surface area contributed by atoms with Crippen LogP contribution in [0.5, 0.6) is 0 Å². The van der Waals surface area contributed by atoms with E-state index in [1.54, 1.807) is 0 Å². The third-order valence-electron chi connectivity index (χ3n) is 12.0. The number of unbranched alkanes of at least 4 members (excludes halogenated alkanes) is 1. The summed E-state index contributed by atoms with van der Waals surface area (Å²) in [5.74, 6) is -0.351. The van der Waals surface area contributed by atoms with Crippen LogP contribution in [0.25, 0.3) is 0 Å². The van der Waals surface area contributed by atoms with Crippen LogP contribution in [0.4, 0.5) is 0 Å². The van der Waals surface area contributed by atoms with Crippen molar-refractivity contribution in [3.63, 3.8) is 0 Å². The summed E-state index contributed by atoms with van der Waals surface area (Å²) in [6, 6.07) is 10.6. The largest absolute Gasteiger partial charge is 0.467 e. The number of aliphatic hydroxyl groups is 1. The van der Waals surface area contributed by atoms with Crippen LogP contribution >= 0.6 is 0 Å². The summed E-state index contributed by atoms with van der Waals surface area (Å²) in [6.45, 7) is 2.79. The molecule has 4 aliphatic heterocycles. The first-order valence-electron chi connectivity index (χ1n) is 22.3. The van der Waals surface area contributed by atoms with Gasteiger partial charge in [0.25, 0.3) is 0 Å². The van der Waals surface area contributed by atoms with Gasteiger partial charge in [-0.05, 0) is 127 Å². The van der Waals surface area contributed by atoms with Gasteiger partial charge in [0.1, 0.15) is 0 Å². The zero-order valence-corrected chi connectivity index (χ0v) is 34.3. The second kappa shape index (κ2) is 24.8. The number of hydrogen-bond acceptors (Lipinski definition) is 11. The topological polar surface area (TPSA) is 120 Å². The Morgan fingerprint density at radius 3 is 1.95 bits per heavy atom. The zero-order valence-electron chi connectivity index (χ0n) is 34.3. The predicted molar refractivity (Wildman–Crippen MR) is 215 cm³/mol. The van der Waals surface area contributed by atoms with E-state index >= 15 is 0 Å². The van der Waals surface area contributed by atoms with Gasteiger partial charge in [0.15, 0.2) is 31.3 Å². The fraction of sp³-hybridized carbons (Fsp3) is 0.761. The van der Waals surface area contributed by atoms with Crippen LogP contribution in [0, 0.1) is 11.8 Å². The first-order chi connectivity index (χ1) is 28.1. The average Bonchev–Trinajstić information content (AvgIpc) is 3.57. The van der Waals surface area contributed by atoms with Crippen molar-refractivity contribution >= 4 is 5.97 Å². The Morgan fingerprint density at radius 2 is 1.35 bits per heavy atom. The molecule has 0 aromatic heterocycles. The SMILES string of the molecule is COC(=O)C(OC1CCCCO1)C(O)CCCC=CC[C@@H]1[C@@H](C=CC(CCc2ccccc2)OC2CCCCO2)[C@H](OC2CCCCO2)C[C@@H]1OC1CCCCO1. The van der Waals surface area contributed by atoms with Crippen molar-refractivity contribution in [3.8, 4) is 0 Å². The number of aryl methyl sites for hydroxylation is 1. The smallest absolute Gasteiger partial charge is 0.337 e. The standard InChI is InChI=1S/C46H70O11/c1-49-46(48)45(57-44-24-12-16-32-53-44)38(47)20-8-3-2-7-19-36-37(28-27-35(54-41-21-9-13-29-50-41)26-25-34-17-5-4-6-18-34)40(56-43-23-11-15-31-52-43)33-39(36)55-42-22-10-14-30-51-42/h2,4-7,17-18,27-28,35-45,47H,3,8-16,19-26,29-33H2,1H3/t35?,36-,37-,38?,39+,40-,41?,42?,43?,44?,45?/m1/s1. The molecule has 4 heterocycles. The Morgan fingerprint density at radius 1 is 0.754 bits per heavy atom. The maximum absolute atomic E-state index is 12.5. The summed E-state index contributed by atoms with van der Waals surface area (Å²) in [5, 5.41) is 11.0. The van der Waals surface area contributed by atoms with E-state index in [0.717, 1.165) is 123 Å². The lowest BCUT2D eigenvalue weighted by molar-refractivity contribution is -0.217. The Bertz CT molecular complexity index is 1300. The molecule has 5 aliphatic rings. The molecule has 1 aromatic rings. The molecule has 11 nitrogen and oxygen atoms in total. The normalized spacial score (nSPS) is 31.7. The van der Waals surface area contributed by atoms with Gasteiger partial charge in [-0.1, -0.05) is 54.6 Å². The molecule has 0 spiro atoms. The Hall–Kier alpha value is -2.19. The molecule has 1 saturated carbocycles. The summed E-state index contributed by atoms with van der Waals surface area (Å²) < 4.78 is 55.1. The Labute approximate surface area is 341 Å². The molecule has 1 N–H and O–H groups in total. The van der Waals surface area contributed by atoms with Gasteiger partial charge in [0.2, 0.25) is 0 Å². The van der Waals surface area contributed by atoms with Gasteiger partial charge in [0, 0.05) is 38.8 Å². The number of methoxy groups -OCH3 is 1. The van der Waals surface area contributed by atoms with Gasteiger partial charge in [-0.3, -0.25) is 0 Å². The number of carbonyl (C=O) groups is 1. The third-order valence-corrected chi connectivity index (χ3v) is 12.0. The number of rotatable bonds is 21. The zero-order chi connectivity index (χ0) is 39.5. The van der Waals surface area contributed by atoms with Crippen molar-refractivity contribution in [1.82, 2.24) is 0 Å². The molecule has 1 aromatic carbocycles. The Kier molecular flexibility index (Phi) is 19.3. The first-order valence-corrected chi connectivity index (χ1v) is 22.3. The number of ether oxygens (including phenoxy) is 9. The van der Waals surface area contributed by atoms with E-state index in [4.69, 9.17) is 42.6 Å². The summed E-state index contributed by atoms with van der Waals surface area (Å²) >= 11 is 0. The molecule has 4 saturated heterocycles. The first kappa shape index (κ1) is 44.4. The van der Waals surface area contributed by atoms with Crippen molar-refractivity contribution in [3.05, 3.63) is 60.2 Å². The number of allylic oxidation sites excluding steroid dienone is 2. The van der Waals surface area contributed by atoms with Crippen LogP contribution in [0.2, 0.25) is 0 Å². The van der Waals surface area contributed by atoms with E-state index in [9.17, 15) is 9.90 Å². The van der Waals surface area contributed by atoms with Crippen molar-refractivity contribution in [2.75, 3.05) is 33.5 Å². The quantitative estimate of drug-likeness (QED) is 0.0738. The molecule has 57 heavy (non-hydrogen) atoms. The Balaban J connectivity index is 1.14. The molecule has 0 radical (unpaired) electrons. The monoisotopic (exact) mass is 798 g/mol. The van der Waals surface area contributed by atoms with Gasteiger partial charge >= 0.3 is 5.97 Å². The van der Waals surface area contributed by atoms with Crippen LogP contribution in [-0.2, 0) is 53.8 Å². The number of esters is 1. The van der Waals surface area contributed by atoms with E-state index in [2.05, 4.69) is 54.6 Å². The number of benzene rings is 1. The van der Waals surface area contributed by atoms with E-state index < -0.39 is 24.5 Å². The van der Waals surface area contributed by atoms with E-state index in [0.29, 0.717) is 25.9 Å². The number of aliphatic hydroxyl groups excluding tert-OH is 1. The molecular weight excluding hydrogens is 728 g/mol. The van der Waals surface area contributed by atoms with E-state index in [1.807, 2.05) is 0 Å². The van der Waals surface area contributed by atoms with Crippen molar-refractivity contribution in [2.24, 2.45) is 11.8 Å². The molecule has 0 bridgehead atoms. The fourth-order valence-corrected chi connectivity index (χ4v) is 8.79. The maximum atomic E-state index is 12.5. The van der Waals surface area contributed by atoms with Crippen LogP contribution in [-0.4, -0.2) is 100 Å². The van der Waals surface area contributed by atoms with Crippen LogP contribution in [0.3, 0.4) is 0 Å². The van der Waals surface area contributed by atoms with Crippen molar-refractivity contribution < 1.29 is 52.5 Å². The highest BCUT2D eigenvalue weighted by Crippen LogP contribution is 2.42. The molecule has 0 amide bonds. The molecule has 7 unspecified atom stereocenters. The molecule has 11 atom stereocenters. The van der Waals surface area contributed by atoms with E-state index in [-0.39, 0.29) is 49.0 Å². The molecular formula is C46H70O11. The summed E-state index contributed by atoms with van der Waals surface area (Å²) in [4.78, 5) is 12.5. The minimum atomic E-state index is -1.07. The van der Waals surface area contributed by atoms with Gasteiger partial charge in [-0.2, -0.15) is 0 Å². The van der Waals surface area contributed by atoms with Crippen LogP contribution in [0.1, 0.15) is 121 Å². The van der Waals surface area contributed by atoms with Gasteiger partial charge < -0.3 is 47.7 Å². The fourth-order valence-electron chi connectivity index (χ4n) is 8.79. The lowest BCUT2D eigenvalue weighted by Crippen LogP contribution is -2.41. The molecule has 320 valence electrons. The minimum absolute atomic E-state index is 0.0480. The highest BCUT2D eigenvalue weighted by Gasteiger charge is 2.45. The van der Waals surface area contributed by atoms with Gasteiger partial charge in [-0.15, -0.1) is 0 Å². The highest BCUT2D eigenvalue weighted by atomic mass is 16.7. The highest BCUT2D eigenvalue weighted by molar-refractivity contribution is 5.75. The lowest BCUT2D eigenvalue weighted by atomic mass is 9.89. The van der Waals surface area contributed by atoms with Crippen LogP contribution < -0.4 is 0 Å².